The summed E-state index contributed by atoms with van der Waals surface area (Å²) in [6.07, 6.45) is 1.32. The zero-order valence-corrected chi connectivity index (χ0v) is 8.99. The van der Waals surface area contributed by atoms with Gasteiger partial charge in [0, 0.05) is 0 Å². The van der Waals surface area contributed by atoms with E-state index >= 15 is 0 Å². The van der Waals surface area contributed by atoms with Crippen LogP contribution in [0.1, 0.15) is 27.2 Å². The molecule has 0 radical (unpaired) electrons. The van der Waals surface area contributed by atoms with Crippen molar-refractivity contribution in [3.63, 3.8) is 0 Å². The minimum absolute atomic E-state index is 0.905. The van der Waals surface area contributed by atoms with Crippen LogP contribution in [0.5, 0.6) is 0 Å². The topological polar surface area (TPSA) is 12.0 Å². The van der Waals surface area contributed by atoms with Gasteiger partial charge >= 0.3 is 0 Å². The lowest BCUT2D eigenvalue weighted by molar-refractivity contribution is 0.804. The molecule has 0 aromatic heterocycles. The average molecular weight is 159 g/mol. The maximum atomic E-state index is 3.52. The van der Waals surface area contributed by atoms with Crippen molar-refractivity contribution in [2.24, 2.45) is 0 Å². The standard InChI is InChI=1S/C8H21NSi/c1-6-8(3)10(5,7-2)9-4/h8-9H,6-7H2,1-5H3. The number of nitrogens with one attached hydrogen (secondary N) is 1. The molecule has 0 bridgehead atoms. The Kier molecular flexibility index (Phi) is 4.21. The van der Waals surface area contributed by atoms with Gasteiger partial charge in [-0.1, -0.05) is 33.7 Å². The first-order chi connectivity index (χ1) is 4.60. The maximum Gasteiger partial charge on any atom is 0.124 e. The number of hydrogen-bond donors (Lipinski definition) is 1. The normalized spacial score (nSPS) is 20.1. The van der Waals surface area contributed by atoms with Gasteiger partial charge < -0.3 is 4.98 Å². The van der Waals surface area contributed by atoms with Gasteiger partial charge in [-0.25, -0.2) is 0 Å². The van der Waals surface area contributed by atoms with Crippen LogP contribution in [-0.4, -0.2) is 15.3 Å². The summed E-state index contributed by atoms with van der Waals surface area (Å²) in [4.78, 5) is 3.52. The Balaban J connectivity index is 4.02. The van der Waals surface area contributed by atoms with Gasteiger partial charge in [-0.15, -0.1) is 0 Å². The molecule has 2 atom stereocenters. The minimum Gasteiger partial charge on any atom is -0.340 e. The monoisotopic (exact) mass is 159 g/mol. The second kappa shape index (κ2) is 4.14. The van der Waals surface area contributed by atoms with Crippen molar-refractivity contribution in [3.05, 3.63) is 0 Å². The van der Waals surface area contributed by atoms with Crippen LogP contribution in [0.25, 0.3) is 0 Å². The fourth-order valence-corrected chi connectivity index (χ4v) is 3.67. The minimum atomic E-state index is -1.05. The molecule has 0 spiro atoms. The van der Waals surface area contributed by atoms with E-state index in [0.717, 1.165) is 5.54 Å². The first-order valence-corrected chi connectivity index (χ1v) is 7.08. The van der Waals surface area contributed by atoms with Crippen LogP contribution < -0.4 is 4.98 Å². The van der Waals surface area contributed by atoms with Crippen LogP contribution in [0.3, 0.4) is 0 Å². The van der Waals surface area contributed by atoms with Gasteiger partial charge in [0.25, 0.3) is 0 Å². The Labute approximate surface area is 66.3 Å². The van der Waals surface area contributed by atoms with Gasteiger partial charge in [0.05, 0.1) is 0 Å². The Morgan fingerprint density at radius 1 is 1.40 bits per heavy atom. The molecule has 0 aliphatic rings. The van der Waals surface area contributed by atoms with Gasteiger partial charge in [-0.2, -0.15) is 0 Å². The zero-order valence-electron chi connectivity index (χ0n) is 7.99. The smallest absolute Gasteiger partial charge is 0.124 e. The highest BCUT2D eigenvalue weighted by atomic mass is 28.3. The SMILES string of the molecule is CCC(C)[Si](C)(CC)NC. The molecule has 0 heterocycles. The Hall–Kier alpha value is 0.177. The summed E-state index contributed by atoms with van der Waals surface area (Å²) in [5, 5.41) is 0. The summed E-state index contributed by atoms with van der Waals surface area (Å²) >= 11 is 0. The van der Waals surface area contributed by atoms with E-state index in [2.05, 4.69) is 39.3 Å². The fourth-order valence-electron chi connectivity index (χ4n) is 1.22. The fraction of sp³-hybridized carbons (Fsp3) is 1.00. The number of rotatable bonds is 4. The van der Waals surface area contributed by atoms with E-state index in [1.807, 2.05) is 0 Å². The van der Waals surface area contributed by atoms with Crippen molar-refractivity contribution in [1.82, 2.24) is 4.98 Å². The molecule has 0 aromatic rings. The second-order valence-electron chi connectivity index (χ2n) is 3.33. The van der Waals surface area contributed by atoms with Crippen LogP contribution in [0.15, 0.2) is 0 Å². The summed E-state index contributed by atoms with van der Waals surface area (Å²) in [5.74, 6) is 0. The van der Waals surface area contributed by atoms with Gasteiger partial charge in [-0.3, -0.25) is 0 Å². The molecule has 1 N–H and O–H groups in total. The molecule has 62 valence electrons. The molecule has 0 aliphatic heterocycles. The molecule has 0 aromatic carbocycles. The van der Waals surface area contributed by atoms with Gasteiger partial charge in [0.15, 0.2) is 0 Å². The van der Waals surface area contributed by atoms with Crippen LogP contribution in [0.2, 0.25) is 18.1 Å². The van der Waals surface area contributed by atoms with E-state index in [-0.39, 0.29) is 0 Å². The predicted octanol–water partition coefficient (Wildman–Crippen LogP) is 2.60. The first-order valence-electron chi connectivity index (χ1n) is 4.29. The first kappa shape index (κ1) is 10.2. The van der Waals surface area contributed by atoms with Crippen molar-refractivity contribution in [3.8, 4) is 0 Å². The molecule has 0 saturated carbocycles. The van der Waals surface area contributed by atoms with Crippen molar-refractivity contribution >= 4 is 8.24 Å². The summed E-state index contributed by atoms with van der Waals surface area (Å²) in [6.45, 7) is 9.38. The van der Waals surface area contributed by atoms with Crippen molar-refractivity contribution < 1.29 is 0 Å². The van der Waals surface area contributed by atoms with Gasteiger partial charge in [-0.05, 0) is 18.6 Å². The highest BCUT2D eigenvalue weighted by Crippen LogP contribution is 2.24. The van der Waals surface area contributed by atoms with Crippen molar-refractivity contribution in [1.29, 1.82) is 0 Å². The van der Waals surface area contributed by atoms with Gasteiger partial charge in [0.2, 0.25) is 0 Å². The summed E-state index contributed by atoms with van der Waals surface area (Å²) in [5.41, 5.74) is 0.905. The lowest BCUT2D eigenvalue weighted by atomic mass is 10.4. The van der Waals surface area contributed by atoms with E-state index in [1.165, 1.54) is 12.5 Å². The molecule has 0 amide bonds. The van der Waals surface area contributed by atoms with Gasteiger partial charge in [0.1, 0.15) is 8.24 Å². The second-order valence-corrected chi connectivity index (χ2v) is 8.36. The Bertz CT molecular complexity index is 89.3. The highest BCUT2D eigenvalue weighted by Gasteiger charge is 2.28. The van der Waals surface area contributed by atoms with E-state index in [0.29, 0.717) is 0 Å². The molecular formula is C8H21NSi. The van der Waals surface area contributed by atoms with Crippen LogP contribution in [0, 0.1) is 0 Å². The quantitative estimate of drug-likeness (QED) is 0.622. The predicted molar refractivity (Wildman–Crippen MR) is 50.9 cm³/mol. The van der Waals surface area contributed by atoms with E-state index in [4.69, 9.17) is 0 Å². The molecule has 10 heavy (non-hydrogen) atoms. The maximum absolute atomic E-state index is 3.52. The van der Waals surface area contributed by atoms with Crippen molar-refractivity contribution in [2.75, 3.05) is 7.05 Å². The average Bonchev–Trinajstić information content (AvgIpc) is 2.01. The molecular weight excluding hydrogens is 138 g/mol. The largest absolute Gasteiger partial charge is 0.340 e. The molecule has 0 saturated heterocycles. The number of hydrogen-bond acceptors (Lipinski definition) is 1. The van der Waals surface area contributed by atoms with E-state index in [9.17, 15) is 0 Å². The Morgan fingerprint density at radius 3 is 2.00 bits per heavy atom. The zero-order chi connectivity index (χ0) is 8.20. The molecule has 2 heteroatoms. The lowest BCUT2D eigenvalue weighted by Crippen LogP contribution is -2.47. The summed E-state index contributed by atoms with van der Waals surface area (Å²) in [6, 6.07) is 1.35. The van der Waals surface area contributed by atoms with Crippen molar-refractivity contribution in [2.45, 2.75) is 45.3 Å². The molecule has 2 unspecified atom stereocenters. The summed E-state index contributed by atoms with van der Waals surface area (Å²) in [7, 11) is 1.06. The van der Waals surface area contributed by atoms with Crippen LogP contribution in [0.4, 0.5) is 0 Å². The van der Waals surface area contributed by atoms with Crippen LogP contribution in [-0.2, 0) is 0 Å². The highest BCUT2D eigenvalue weighted by molar-refractivity contribution is 6.77. The third-order valence-corrected chi connectivity index (χ3v) is 8.20. The van der Waals surface area contributed by atoms with E-state index < -0.39 is 8.24 Å². The Morgan fingerprint density at radius 2 is 1.90 bits per heavy atom. The molecule has 0 fully saturated rings. The summed E-state index contributed by atoms with van der Waals surface area (Å²) < 4.78 is 0. The lowest BCUT2D eigenvalue weighted by Gasteiger charge is -2.31. The van der Waals surface area contributed by atoms with Crippen LogP contribution >= 0.6 is 0 Å². The molecule has 0 aliphatic carbocycles. The third-order valence-electron chi connectivity index (χ3n) is 3.01. The third kappa shape index (κ3) is 2.10. The molecule has 0 rings (SSSR count). The van der Waals surface area contributed by atoms with E-state index in [1.54, 1.807) is 0 Å². The molecule has 1 nitrogen and oxygen atoms in total.